The van der Waals surface area contributed by atoms with E-state index in [1.165, 1.54) is 12.1 Å². The third-order valence-corrected chi connectivity index (χ3v) is 5.65. The van der Waals surface area contributed by atoms with Crippen molar-refractivity contribution in [2.45, 2.75) is 30.7 Å². The predicted octanol–water partition coefficient (Wildman–Crippen LogP) is 3.95. The highest BCUT2D eigenvalue weighted by Gasteiger charge is 2.57. The zero-order valence-electron chi connectivity index (χ0n) is 18.2. The Morgan fingerprint density at radius 2 is 1.81 bits per heavy atom. The summed E-state index contributed by atoms with van der Waals surface area (Å²) in [6, 6.07) is 1.70. The largest absolute Gasteiger partial charge is 0.496 e. The van der Waals surface area contributed by atoms with Crippen LogP contribution in [-0.2, 0) is 26.2 Å². The minimum absolute atomic E-state index is 0.0433. The van der Waals surface area contributed by atoms with E-state index in [1.807, 2.05) is 5.32 Å². The topological polar surface area (TPSA) is 133 Å². The van der Waals surface area contributed by atoms with Crippen LogP contribution in [0.4, 0.5) is 28.0 Å². The third kappa shape index (κ3) is 4.78. The summed E-state index contributed by atoms with van der Waals surface area (Å²) in [4.78, 5) is 48.6. The van der Waals surface area contributed by atoms with Gasteiger partial charge < -0.3 is 20.3 Å². The number of benzene rings is 2. The van der Waals surface area contributed by atoms with Crippen LogP contribution in [-0.4, -0.2) is 47.2 Å². The summed E-state index contributed by atoms with van der Waals surface area (Å²) in [5.74, 6) is -4.92. The molecule has 3 N–H and O–H groups in total. The molecule has 0 fully saturated rings. The standard InChI is InChI=1S/C22H17ClF4N2O7/c1-36-16-6-3-11(23)9-13(16)21(24)12-4-2-10(22(25,26)27)8-15(12)29(19(21)34)20(35)28-14(18(32)33)5-7-17(30)31/h2-4,6,8-9,14H,5,7H2,1H3,(H,28,35)(H,30,31)(H,32,33)/t14-,21-/m0/s1. The number of anilines is 1. The highest BCUT2D eigenvalue weighted by Crippen LogP contribution is 2.51. The normalized spacial score (nSPS) is 17.9. The summed E-state index contributed by atoms with van der Waals surface area (Å²) in [5, 5.41) is 19.9. The van der Waals surface area contributed by atoms with Crippen molar-refractivity contribution < 1.29 is 51.7 Å². The van der Waals surface area contributed by atoms with Gasteiger partial charge in [0.1, 0.15) is 11.8 Å². The van der Waals surface area contributed by atoms with E-state index in [-0.39, 0.29) is 15.7 Å². The van der Waals surface area contributed by atoms with Crippen LogP contribution < -0.4 is 15.0 Å². The number of hydrogen-bond donors (Lipinski definition) is 3. The van der Waals surface area contributed by atoms with Crippen molar-refractivity contribution >= 4 is 41.2 Å². The number of aliphatic carboxylic acids is 2. The molecule has 2 atom stereocenters. The number of carbonyl (C=O) groups excluding carboxylic acids is 2. The smallest absolute Gasteiger partial charge is 0.416 e. The number of halogens is 5. The third-order valence-electron chi connectivity index (χ3n) is 5.41. The first-order valence-corrected chi connectivity index (χ1v) is 10.4. The molecule has 0 saturated heterocycles. The first kappa shape index (κ1) is 26.7. The maximum atomic E-state index is 16.7. The molecule has 192 valence electrons. The van der Waals surface area contributed by atoms with Crippen LogP contribution in [0.1, 0.15) is 29.5 Å². The lowest BCUT2D eigenvalue weighted by molar-refractivity contribution is -0.141. The van der Waals surface area contributed by atoms with Crippen LogP contribution in [0.2, 0.25) is 5.02 Å². The van der Waals surface area contributed by atoms with Gasteiger partial charge in [0.25, 0.3) is 5.91 Å². The van der Waals surface area contributed by atoms with Crippen molar-refractivity contribution in [1.29, 1.82) is 0 Å². The number of ether oxygens (including phenoxy) is 1. The van der Waals surface area contributed by atoms with Gasteiger partial charge in [-0.15, -0.1) is 0 Å². The number of nitrogens with zero attached hydrogens (tertiary/aromatic N) is 1. The molecule has 1 aliphatic rings. The van der Waals surface area contributed by atoms with Crippen molar-refractivity contribution in [3.05, 3.63) is 58.1 Å². The Bertz CT molecular complexity index is 1250. The predicted molar refractivity (Wildman–Crippen MR) is 116 cm³/mol. The first-order chi connectivity index (χ1) is 16.7. The molecule has 0 aromatic heterocycles. The number of amides is 3. The molecule has 0 spiro atoms. The Labute approximate surface area is 205 Å². The van der Waals surface area contributed by atoms with E-state index in [0.29, 0.717) is 18.2 Å². The number of carboxylic acid groups (broad SMARTS) is 2. The van der Waals surface area contributed by atoms with Gasteiger partial charge in [-0.25, -0.2) is 18.9 Å². The summed E-state index contributed by atoms with van der Waals surface area (Å²) in [6.07, 6.45) is -6.23. The van der Waals surface area contributed by atoms with Crippen LogP contribution in [0.15, 0.2) is 36.4 Å². The van der Waals surface area contributed by atoms with Gasteiger partial charge in [-0.3, -0.25) is 9.59 Å². The molecular formula is C22H17ClF4N2O7. The fraction of sp³-hybridized carbons (Fsp3) is 0.273. The van der Waals surface area contributed by atoms with Gasteiger partial charge in [-0.1, -0.05) is 17.7 Å². The van der Waals surface area contributed by atoms with Gasteiger partial charge in [-0.2, -0.15) is 13.2 Å². The number of imide groups is 1. The summed E-state index contributed by atoms with van der Waals surface area (Å²) >= 11 is 5.95. The molecular weight excluding hydrogens is 516 g/mol. The average Bonchev–Trinajstić information content (AvgIpc) is 3.02. The summed E-state index contributed by atoms with van der Waals surface area (Å²) < 4.78 is 61.9. The molecule has 14 heteroatoms. The van der Waals surface area contributed by atoms with E-state index < -0.39 is 77.0 Å². The van der Waals surface area contributed by atoms with Crippen LogP contribution in [0.5, 0.6) is 5.75 Å². The number of carbonyl (C=O) groups is 4. The molecule has 9 nitrogen and oxygen atoms in total. The molecule has 1 heterocycles. The molecule has 0 aliphatic carbocycles. The molecule has 36 heavy (non-hydrogen) atoms. The van der Waals surface area contributed by atoms with Gasteiger partial charge in [0, 0.05) is 22.6 Å². The average molecular weight is 533 g/mol. The molecule has 0 saturated carbocycles. The van der Waals surface area contributed by atoms with Crippen LogP contribution >= 0.6 is 11.6 Å². The zero-order valence-corrected chi connectivity index (χ0v) is 19.0. The number of rotatable bonds is 7. The van der Waals surface area contributed by atoms with Gasteiger partial charge in [0.2, 0.25) is 5.67 Å². The number of alkyl halides is 4. The van der Waals surface area contributed by atoms with Crippen molar-refractivity contribution in [2.75, 3.05) is 12.0 Å². The van der Waals surface area contributed by atoms with Crippen molar-refractivity contribution in [2.24, 2.45) is 0 Å². The monoisotopic (exact) mass is 532 g/mol. The summed E-state index contributed by atoms with van der Waals surface area (Å²) in [6.45, 7) is 0. The van der Waals surface area contributed by atoms with Crippen molar-refractivity contribution in [3.8, 4) is 5.75 Å². The van der Waals surface area contributed by atoms with Gasteiger partial charge in [-0.05, 0) is 36.8 Å². The Balaban J connectivity index is 2.17. The first-order valence-electron chi connectivity index (χ1n) is 10.1. The number of carboxylic acids is 2. The lowest BCUT2D eigenvalue weighted by Gasteiger charge is -2.23. The highest BCUT2D eigenvalue weighted by molar-refractivity contribution is 6.31. The Morgan fingerprint density at radius 1 is 1.14 bits per heavy atom. The minimum atomic E-state index is -4.93. The van der Waals surface area contributed by atoms with Crippen molar-refractivity contribution in [1.82, 2.24) is 5.32 Å². The number of nitrogens with one attached hydrogen (secondary N) is 1. The number of hydrogen-bond acceptors (Lipinski definition) is 5. The van der Waals surface area contributed by atoms with Gasteiger partial charge >= 0.3 is 24.1 Å². The lowest BCUT2D eigenvalue weighted by Crippen LogP contribution is -2.51. The second-order valence-corrected chi connectivity index (χ2v) is 8.08. The Kier molecular flexibility index (Phi) is 7.16. The van der Waals surface area contributed by atoms with E-state index in [0.717, 1.165) is 13.2 Å². The molecule has 0 radical (unpaired) electrons. The van der Waals surface area contributed by atoms with Crippen LogP contribution in [0, 0.1) is 0 Å². The molecule has 1 aliphatic heterocycles. The molecule has 2 aromatic rings. The Hall–Kier alpha value is -3.87. The Morgan fingerprint density at radius 3 is 2.36 bits per heavy atom. The number of fused-ring (bicyclic) bond motifs is 1. The minimum Gasteiger partial charge on any atom is -0.496 e. The zero-order chi connectivity index (χ0) is 27.0. The number of urea groups is 1. The van der Waals surface area contributed by atoms with Crippen molar-refractivity contribution in [3.63, 3.8) is 0 Å². The maximum Gasteiger partial charge on any atom is 0.416 e. The SMILES string of the molecule is COc1ccc(Cl)cc1[C@]1(F)C(=O)N(C(=O)N[C@@H](CCC(=O)O)C(=O)O)c2cc(C(F)(F)F)ccc21. The highest BCUT2D eigenvalue weighted by atomic mass is 35.5. The maximum absolute atomic E-state index is 16.7. The summed E-state index contributed by atoms with van der Waals surface area (Å²) in [5.41, 5.74) is -6.49. The second kappa shape index (κ2) is 9.64. The number of methoxy groups -OCH3 is 1. The molecule has 3 amide bonds. The van der Waals surface area contributed by atoms with Crippen LogP contribution in [0.3, 0.4) is 0 Å². The van der Waals surface area contributed by atoms with E-state index >= 15 is 4.39 Å². The second-order valence-electron chi connectivity index (χ2n) is 7.65. The molecule has 3 rings (SSSR count). The van der Waals surface area contributed by atoms with E-state index in [1.54, 1.807) is 0 Å². The summed E-state index contributed by atoms with van der Waals surface area (Å²) in [7, 11) is 1.15. The van der Waals surface area contributed by atoms with Gasteiger partial charge in [0.05, 0.1) is 18.4 Å². The fourth-order valence-corrected chi connectivity index (χ4v) is 3.89. The lowest BCUT2D eigenvalue weighted by atomic mass is 9.88. The molecule has 0 unspecified atom stereocenters. The quantitative estimate of drug-likeness (QED) is 0.460. The van der Waals surface area contributed by atoms with E-state index in [4.69, 9.17) is 21.4 Å². The fourth-order valence-electron chi connectivity index (χ4n) is 3.71. The van der Waals surface area contributed by atoms with E-state index in [9.17, 15) is 37.5 Å². The van der Waals surface area contributed by atoms with E-state index in [2.05, 4.69) is 0 Å². The molecule has 0 bridgehead atoms. The molecule has 2 aromatic carbocycles. The van der Waals surface area contributed by atoms with Crippen LogP contribution in [0.25, 0.3) is 0 Å². The van der Waals surface area contributed by atoms with Gasteiger partial charge in [0.15, 0.2) is 0 Å².